The van der Waals surface area contributed by atoms with E-state index < -0.39 is 9.04 Å². The third-order valence-corrected chi connectivity index (χ3v) is 3.80. The van der Waals surface area contributed by atoms with Gasteiger partial charge < -0.3 is 4.43 Å². The summed E-state index contributed by atoms with van der Waals surface area (Å²) in [5.74, 6) is 0. The van der Waals surface area contributed by atoms with E-state index in [-0.39, 0.29) is 0 Å². The molecule has 81 valence electrons. The van der Waals surface area contributed by atoms with Crippen molar-refractivity contribution in [3.05, 3.63) is 60.3 Å². The van der Waals surface area contributed by atoms with E-state index in [1.807, 2.05) is 5.70 Å². The smallest absolute Gasteiger partial charge is 0.235 e. The van der Waals surface area contributed by atoms with Gasteiger partial charge >= 0.3 is 0 Å². The van der Waals surface area contributed by atoms with E-state index in [4.69, 9.17) is 4.43 Å². The van der Waals surface area contributed by atoms with E-state index in [2.05, 4.69) is 55.6 Å². The number of benzene rings is 2. The van der Waals surface area contributed by atoms with Crippen molar-refractivity contribution in [1.29, 1.82) is 0 Å². The zero-order valence-electron chi connectivity index (χ0n) is 9.44. The van der Waals surface area contributed by atoms with Crippen molar-refractivity contribution in [3.8, 4) is 0 Å². The molecule has 0 aromatic heterocycles. The third kappa shape index (κ3) is 2.40. The second-order valence-electron chi connectivity index (χ2n) is 3.74. The monoisotopic (exact) mass is 227 g/mol. The first-order valence-electron chi connectivity index (χ1n) is 5.36. The van der Waals surface area contributed by atoms with E-state index in [1.54, 1.807) is 0 Å². The zero-order valence-corrected chi connectivity index (χ0v) is 10.4. The summed E-state index contributed by atoms with van der Waals surface area (Å²) in [5.41, 5.74) is 3.17. The summed E-state index contributed by atoms with van der Waals surface area (Å²) in [5, 5.41) is 2.55. The first-order valence-corrected chi connectivity index (χ1v) is 7.35. The molecule has 0 heterocycles. The molecule has 2 aromatic carbocycles. The maximum atomic E-state index is 5.77. The number of hydrogen-bond acceptors (Lipinski definition) is 1. The molecule has 0 N–H and O–H groups in total. The minimum absolute atomic E-state index is 0.679. The van der Waals surface area contributed by atoms with Gasteiger partial charge in [-0.2, -0.15) is 0 Å². The molecule has 2 rings (SSSR count). The predicted octanol–water partition coefficient (Wildman–Crippen LogP) is 3.70. The molecule has 0 aliphatic heterocycles. The molecule has 2 heteroatoms. The molecule has 1 radical (unpaired) electrons. The molecule has 0 saturated heterocycles. The van der Waals surface area contributed by atoms with Crippen molar-refractivity contribution in [2.45, 2.75) is 13.2 Å². The highest BCUT2D eigenvalue weighted by Crippen LogP contribution is 2.19. The molecule has 0 spiro atoms. The minimum atomic E-state index is -0.831. The average molecular weight is 227 g/mol. The summed E-state index contributed by atoms with van der Waals surface area (Å²) in [4.78, 5) is 0. The Hall–Kier alpha value is -1.38. The summed E-state index contributed by atoms with van der Waals surface area (Å²) >= 11 is 0. The van der Waals surface area contributed by atoms with Gasteiger partial charge in [0.05, 0.1) is 6.61 Å². The van der Waals surface area contributed by atoms with Gasteiger partial charge in [-0.3, -0.25) is 0 Å². The van der Waals surface area contributed by atoms with E-state index in [0.29, 0.717) is 6.61 Å². The maximum absolute atomic E-state index is 5.77. The number of fused-ring (bicyclic) bond motifs is 1. The van der Waals surface area contributed by atoms with Crippen LogP contribution in [0.15, 0.2) is 54.7 Å². The first-order chi connectivity index (χ1) is 7.81. The Labute approximate surface area is 98.1 Å². The van der Waals surface area contributed by atoms with Crippen LogP contribution in [0.4, 0.5) is 0 Å². The maximum Gasteiger partial charge on any atom is 0.235 e. The molecule has 1 nitrogen and oxygen atoms in total. The summed E-state index contributed by atoms with van der Waals surface area (Å²) in [6.45, 7) is 6.53. The van der Waals surface area contributed by atoms with Crippen LogP contribution in [0.3, 0.4) is 0 Å². The molecule has 2 aromatic rings. The fraction of sp³-hybridized carbons (Fsp3) is 0.143. The second-order valence-corrected chi connectivity index (χ2v) is 5.66. The normalized spacial score (nSPS) is 10.9. The Kier molecular flexibility index (Phi) is 3.54. The Bertz CT molecular complexity index is 488. The standard InChI is InChI=1S/C14H15OSi/c1-3-16(2)15-11-13-9-6-8-12-7-4-5-10-14(12)13/h3-10H,1,11H2,2H3. The number of rotatable bonds is 4. The van der Waals surface area contributed by atoms with Crippen molar-refractivity contribution in [2.24, 2.45) is 0 Å². The van der Waals surface area contributed by atoms with Crippen LogP contribution < -0.4 is 0 Å². The second kappa shape index (κ2) is 5.10. The summed E-state index contributed by atoms with van der Waals surface area (Å²) in [6.07, 6.45) is 0. The van der Waals surface area contributed by atoms with Crippen molar-refractivity contribution in [2.75, 3.05) is 0 Å². The fourth-order valence-corrected chi connectivity index (χ4v) is 2.17. The summed E-state index contributed by atoms with van der Waals surface area (Å²) < 4.78 is 5.77. The first kappa shape index (κ1) is 11.1. The molecule has 0 unspecified atom stereocenters. The third-order valence-electron chi connectivity index (χ3n) is 2.62. The van der Waals surface area contributed by atoms with Gasteiger partial charge in [0, 0.05) is 0 Å². The Morgan fingerprint density at radius 3 is 2.75 bits per heavy atom. The lowest BCUT2D eigenvalue weighted by atomic mass is 10.1. The van der Waals surface area contributed by atoms with Gasteiger partial charge in [0.1, 0.15) is 0 Å². The molecular weight excluding hydrogens is 212 g/mol. The van der Waals surface area contributed by atoms with Crippen LogP contribution in [0, 0.1) is 0 Å². The summed E-state index contributed by atoms with van der Waals surface area (Å²) in [7, 11) is -0.831. The predicted molar refractivity (Wildman–Crippen MR) is 70.6 cm³/mol. The lowest BCUT2D eigenvalue weighted by Crippen LogP contribution is -2.09. The Morgan fingerprint density at radius 1 is 1.19 bits per heavy atom. The van der Waals surface area contributed by atoms with Crippen LogP contribution in [0.25, 0.3) is 10.8 Å². The van der Waals surface area contributed by atoms with E-state index in [1.165, 1.54) is 16.3 Å². The van der Waals surface area contributed by atoms with Gasteiger partial charge in [-0.1, -0.05) is 48.2 Å². The highest BCUT2D eigenvalue weighted by Gasteiger charge is 2.03. The van der Waals surface area contributed by atoms with Gasteiger partial charge in [-0.25, -0.2) is 0 Å². The van der Waals surface area contributed by atoms with Gasteiger partial charge in [0.15, 0.2) is 0 Å². The molecule has 0 fully saturated rings. The van der Waals surface area contributed by atoms with Crippen LogP contribution in [0.2, 0.25) is 6.55 Å². The van der Waals surface area contributed by atoms with Crippen molar-refractivity contribution < 1.29 is 4.43 Å². The molecule has 0 saturated carbocycles. The van der Waals surface area contributed by atoms with Gasteiger partial charge in [0.2, 0.25) is 9.04 Å². The topological polar surface area (TPSA) is 9.23 Å². The van der Waals surface area contributed by atoms with Gasteiger partial charge in [-0.15, -0.1) is 6.58 Å². The minimum Gasteiger partial charge on any atom is -0.408 e. The molecule has 0 amide bonds. The van der Waals surface area contributed by atoms with Crippen LogP contribution in [0.5, 0.6) is 0 Å². The van der Waals surface area contributed by atoms with E-state index in [9.17, 15) is 0 Å². The Balaban J connectivity index is 2.27. The van der Waals surface area contributed by atoms with Crippen LogP contribution >= 0.6 is 0 Å². The van der Waals surface area contributed by atoms with Gasteiger partial charge in [0.25, 0.3) is 0 Å². The Morgan fingerprint density at radius 2 is 1.94 bits per heavy atom. The molecule has 0 bridgehead atoms. The highest BCUT2D eigenvalue weighted by atomic mass is 28.3. The van der Waals surface area contributed by atoms with Crippen LogP contribution in [0.1, 0.15) is 5.56 Å². The van der Waals surface area contributed by atoms with E-state index in [0.717, 1.165) is 0 Å². The van der Waals surface area contributed by atoms with Crippen molar-refractivity contribution in [3.63, 3.8) is 0 Å². The lowest BCUT2D eigenvalue weighted by molar-refractivity contribution is 0.319. The SMILES string of the molecule is C=C[Si](C)OCc1cccc2ccccc12. The molecule has 16 heavy (non-hydrogen) atoms. The lowest BCUT2D eigenvalue weighted by Gasteiger charge is -2.09. The molecule has 0 aliphatic carbocycles. The van der Waals surface area contributed by atoms with Crippen LogP contribution in [-0.4, -0.2) is 9.04 Å². The van der Waals surface area contributed by atoms with Crippen LogP contribution in [-0.2, 0) is 11.0 Å². The molecular formula is C14H15OSi. The quantitative estimate of drug-likeness (QED) is 0.724. The number of hydrogen-bond donors (Lipinski definition) is 0. The average Bonchev–Trinajstić information content (AvgIpc) is 2.35. The largest absolute Gasteiger partial charge is 0.408 e. The highest BCUT2D eigenvalue weighted by molar-refractivity contribution is 6.55. The molecule has 0 atom stereocenters. The molecule has 0 aliphatic rings. The zero-order chi connectivity index (χ0) is 11.4. The fourth-order valence-electron chi connectivity index (χ4n) is 1.67. The van der Waals surface area contributed by atoms with Gasteiger partial charge in [-0.05, 0) is 22.9 Å². The van der Waals surface area contributed by atoms with Crippen molar-refractivity contribution >= 4 is 19.8 Å². The van der Waals surface area contributed by atoms with Crippen molar-refractivity contribution in [1.82, 2.24) is 0 Å². The summed E-state index contributed by atoms with van der Waals surface area (Å²) in [6, 6.07) is 14.7. The van der Waals surface area contributed by atoms with E-state index >= 15 is 0 Å².